The van der Waals surface area contributed by atoms with Gasteiger partial charge in [-0.05, 0) is 0 Å². The molecule has 0 amide bonds. The number of nitrogens with one attached hydrogen (secondary N) is 2. The van der Waals surface area contributed by atoms with Gasteiger partial charge in [-0.3, -0.25) is 5.01 Å². The van der Waals surface area contributed by atoms with E-state index in [0.29, 0.717) is 0 Å². The number of rotatable bonds is 0. The molecule has 3 aliphatic heterocycles. The maximum absolute atomic E-state index is 4.19. The SMILES string of the molecule is C1=NN2NN3CCNCC3=C2C1. The zero-order chi connectivity index (χ0) is 7.97. The van der Waals surface area contributed by atoms with Gasteiger partial charge in [-0.1, -0.05) is 0 Å². The first-order chi connectivity index (χ1) is 5.95. The Balaban J connectivity index is 1.96. The average Bonchev–Trinajstić information content (AvgIpc) is 2.62. The Hall–Kier alpha value is -1.07. The zero-order valence-electron chi connectivity index (χ0n) is 6.75. The van der Waals surface area contributed by atoms with Gasteiger partial charge in [0.15, 0.2) is 0 Å². The lowest BCUT2D eigenvalue weighted by Crippen LogP contribution is -2.47. The van der Waals surface area contributed by atoms with E-state index in [9.17, 15) is 0 Å². The molecule has 64 valence electrons. The lowest BCUT2D eigenvalue weighted by Gasteiger charge is -2.26. The maximum Gasteiger partial charge on any atom is 0.0844 e. The minimum Gasteiger partial charge on any atom is -0.309 e. The molecule has 3 rings (SSSR count). The second kappa shape index (κ2) is 2.21. The first-order valence-electron chi connectivity index (χ1n) is 4.24. The van der Waals surface area contributed by atoms with Crippen LogP contribution in [0.25, 0.3) is 0 Å². The van der Waals surface area contributed by atoms with E-state index in [2.05, 4.69) is 21.0 Å². The molecule has 5 heteroatoms. The number of allylic oxidation sites excluding steroid dienone is 1. The van der Waals surface area contributed by atoms with Crippen molar-refractivity contribution in [2.75, 3.05) is 19.6 Å². The smallest absolute Gasteiger partial charge is 0.0844 e. The number of hydrogen-bond donors (Lipinski definition) is 2. The fraction of sp³-hybridized carbons (Fsp3) is 0.571. The minimum atomic E-state index is 0.959. The van der Waals surface area contributed by atoms with Gasteiger partial charge < -0.3 is 5.32 Å². The standard InChI is InChI=1S/C7H11N5/c1-2-9-12-6(1)7-5-8-3-4-11(7)10-12/h2,8,10H,1,3-5H2. The molecule has 2 N–H and O–H groups in total. The van der Waals surface area contributed by atoms with E-state index in [1.54, 1.807) is 0 Å². The predicted octanol–water partition coefficient (Wildman–Crippen LogP) is -0.772. The molecule has 0 radical (unpaired) electrons. The topological polar surface area (TPSA) is 42.9 Å². The third-order valence-electron chi connectivity index (χ3n) is 2.42. The minimum absolute atomic E-state index is 0.959. The van der Waals surface area contributed by atoms with Crippen molar-refractivity contribution in [3.05, 3.63) is 11.4 Å². The Morgan fingerprint density at radius 2 is 2.42 bits per heavy atom. The van der Waals surface area contributed by atoms with Crippen molar-refractivity contribution in [2.45, 2.75) is 6.42 Å². The van der Waals surface area contributed by atoms with Crippen LogP contribution in [0.5, 0.6) is 0 Å². The largest absolute Gasteiger partial charge is 0.309 e. The highest BCUT2D eigenvalue weighted by Crippen LogP contribution is 2.25. The van der Waals surface area contributed by atoms with Crippen LogP contribution in [0.1, 0.15) is 6.42 Å². The van der Waals surface area contributed by atoms with Crippen molar-refractivity contribution >= 4 is 6.21 Å². The first kappa shape index (κ1) is 6.45. The highest BCUT2D eigenvalue weighted by molar-refractivity contribution is 5.64. The summed E-state index contributed by atoms with van der Waals surface area (Å²) in [5.74, 6) is 0. The number of hydrazone groups is 1. The van der Waals surface area contributed by atoms with Crippen LogP contribution in [0.4, 0.5) is 0 Å². The van der Waals surface area contributed by atoms with Crippen LogP contribution in [0.15, 0.2) is 16.5 Å². The molecule has 0 saturated carbocycles. The summed E-state index contributed by atoms with van der Waals surface area (Å²) in [5, 5.41) is 11.6. The Morgan fingerprint density at radius 1 is 1.42 bits per heavy atom. The van der Waals surface area contributed by atoms with Gasteiger partial charge >= 0.3 is 0 Å². The fourth-order valence-electron chi connectivity index (χ4n) is 1.80. The Labute approximate surface area is 70.6 Å². The van der Waals surface area contributed by atoms with E-state index < -0.39 is 0 Å². The first-order valence-corrected chi connectivity index (χ1v) is 4.24. The summed E-state index contributed by atoms with van der Waals surface area (Å²) in [6, 6.07) is 0. The van der Waals surface area contributed by atoms with Crippen LogP contribution in [-0.2, 0) is 0 Å². The second-order valence-electron chi connectivity index (χ2n) is 3.14. The van der Waals surface area contributed by atoms with Crippen molar-refractivity contribution < 1.29 is 0 Å². The van der Waals surface area contributed by atoms with Crippen molar-refractivity contribution in [1.29, 1.82) is 0 Å². The lowest BCUT2D eigenvalue weighted by atomic mass is 10.2. The quantitative estimate of drug-likeness (QED) is 0.494. The third kappa shape index (κ3) is 0.720. The Kier molecular flexibility index (Phi) is 1.19. The van der Waals surface area contributed by atoms with Gasteiger partial charge in [0.05, 0.1) is 11.4 Å². The Bertz CT molecular complexity index is 269. The van der Waals surface area contributed by atoms with E-state index in [-0.39, 0.29) is 0 Å². The average molecular weight is 165 g/mol. The molecule has 5 nitrogen and oxygen atoms in total. The van der Waals surface area contributed by atoms with Crippen LogP contribution < -0.4 is 10.9 Å². The molecule has 0 unspecified atom stereocenters. The molecule has 12 heavy (non-hydrogen) atoms. The van der Waals surface area contributed by atoms with Crippen LogP contribution in [0.2, 0.25) is 0 Å². The summed E-state index contributed by atoms with van der Waals surface area (Å²) in [7, 11) is 0. The molecule has 0 spiro atoms. The van der Waals surface area contributed by atoms with E-state index in [4.69, 9.17) is 0 Å². The normalized spacial score (nSPS) is 26.7. The van der Waals surface area contributed by atoms with Gasteiger partial charge in [0.1, 0.15) is 0 Å². The molecule has 0 atom stereocenters. The highest BCUT2D eigenvalue weighted by atomic mass is 15.9. The van der Waals surface area contributed by atoms with Crippen molar-refractivity contribution in [2.24, 2.45) is 5.10 Å². The van der Waals surface area contributed by atoms with Gasteiger partial charge in [0, 0.05) is 32.3 Å². The molecule has 3 aliphatic rings. The van der Waals surface area contributed by atoms with Crippen molar-refractivity contribution in [3.63, 3.8) is 0 Å². The van der Waals surface area contributed by atoms with Crippen LogP contribution in [0.3, 0.4) is 0 Å². The Morgan fingerprint density at radius 3 is 3.42 bits per heavy atom. The van der Waals surface area contributed by atoms with Crippen LogP contribution in [0, 0.1) is 0 Å². The molecule has 0 aromatic carbocycles. The molecule has 1 fully saturated rings. The summed E-state index contributed by atoms with van der Waals surface area (Å²) in [4.78, 5) is 0. The maximum atomic E-state index is 4.19. The van der Waals surface area contributed by atoms with Crippen molar-refractivity contribution in [3.8, 4) is 0 Å². The van der Waals surface area contributed by atoms with Gasteiger partial charge in [-0.25, -0.2) is 0 Å². The number of piperazine rings is 1. The summed E-state index contributed by atoms with van der Waals surface area (Å²) >= 11 is 0. The molecule has 0 aromatic rings. The number of hydrazine groups is 2. The second-order valence-corrected chi connectivity index (χ2v) is 3.14. The van der Waals surface area contributed by atoms with E-state index in [0.717, 1.165) is 26.1 Å². The van der Waals surface area contributed by atoms with E-state index in [1.165, 1.54) is 11.4 Å². The molecule has 0 bridgehead atoms. The predicted molar refractivity (Wildman–Crippen MR) is 44.7 cm³/mol. The van der Waals surface area contributed by atoms with Gasteiger partial charge in [0.25, 0.3) is 0 Å². The number of fused-ring (bicyclic) bond motifs is 2. The van der Waals surface area contributed by atoms with Gasteiger partial charge in [-0.15, -0.1) is 5.53 Å². The fourth-order valence-corrected chi connectivity index (χ4v) is 1.80. The summed E-state index contributed by atoms with van der Waals surface area (Å²) < 4.78 is 0. The van der Waals surface area contributed by atoms with Crippen molar-refractivity contribution in [1.82, 2.24) is 21.0 Å². The highest BCUT2D eigenvalue weighted by Gasteiger charge is 2.31. The van der Waals surface area contributed by atoms with Gasteiger partial charge in [-0.2, -0.15) is 10.2 Å². The summed E-state index contributed by atoms with van der Waals surface area (Å²) in [5.41, 5.74) is 5.85. The molecule has 0 aliphatic carbocycles. The third-order valence-corrected chi connectivity index (χ3v) is 2.42. The van der Waals surface area contributed by atoms with Crippen LogP contribution in [-0.4, -0.2) is 36.0 Å². The zero-order valence-corrected chi connectivity index (χ0v) is 6.75. The monoisotopic (exact) mass is 165 g/mol. The molecule has 0 aromatic heterocycles. The van der Waals surface area contributed by atoms with Gasteiger partial charge in [0.2, 0.25) is 0 Å². The number of nitrogens with zero attached hydrogens (tertiary/aromatic N) is 3. The van der Waals surface area contributed by atoms with E-state index in [1.807, 2.05) is 11.3 Å². The van der Waals surface area contributed by atoms with E-state index >= 15 is 0 Å². The molecule has 1 saturated heterocycles. The van der Waals surface area contributed by atoms with Crippen LogP contribution >= 0.6 is 0 Å². The lowest BCUT2D eigenvalue weighted by molar-refractivity contribution is 0.120. The molecular formula is C7H11N5. The molecular weight excluding hydrogens is 154 g/mol. The summed E-state index contributed by atoms with van der Waals surface area (Å²) in [6.07, 6.45) is 2.89. The summed E-state index contributed by atoms with van der Waals surface area (Å²) in [6.45, 7) is 3.02. The molecule has 3 heterocycles. The number of hydrogen-bond acceptors (Lipinski definition) is 5.